The topological polar surface area (TPSA) is 90.2 Å². The highest BCUT2D eigenvalue weighted by Crippen LogP contribution is 2.22. The Morgan fingerprint density at radius 1 is 0.852 bits per heavy atom. The van der Waals surface area contributed by atoms with Crippen LogP contribution < -0.4 is 4.74 Å². The third-order valence-electron chi connectivity index (χ3n) is 4.23. The quantitative estimate of drug-likeness (QED) is 0.592. The average Bonchev–Trinajstić information content (AvgIpc) is 3.25. The van der Waals surface area contributed by atoms with Crippen LogP contribution in [0.1, 0.15) is 26.5 Å². The molecule has 1 aromatic heterocycles. The Kier molecular flexibility index (Phi) is 4.61. The summed E-state index contributed by atoms with van der Waals surface area (Å²) < 4.78 is 5.60. The number of tetrazole rings is 1. The first kappa shape index (κ1) is 16.9. The zero-order valence-corrected chi connectivity index (χ0v) is 14.5. The smallest absolute Gasteiger partial charge is 0.261 e. The van der Waals surface area contributed by atoms with E-state index in [2.05, 4.69) is 15.4 Å². The van der Waals surface area contributed by atoms with Crippen molar-refractivity contribution in [1.29, 1.82) is 0 Å². The van der Waals surface area contributed by atoms with Crippen LogP contribution in [0.4, 0.5) is 0 Å². The maximum Gasteiger partial charge on any atom is 0.261 e. The van der Waals surface area contributed by atoms with Crippen LogP contribution >= 0.6 is 0 Å². The van der Waals surface area contributed by atoms with Gasteiger partial charge in [0.1, 0.15) is 12.4 Å². The zero-order valence-electron chi connectivity index (χ0n) is 14.5. The van der Waals surface area contributed by atoms with Crippen molar-refractivity contribution in [3.8, 4) is 5.75 Å². The summed E-state index contributed by atoms with van der Waals surface area (Å²) in [5.41, 5.74) is 0.884. The number of carbonyl (C=O) groups is 2. The highest BCUT2D eigenvalue weighted by atomic mass is 16.5. The molecule has 27 heavy (non-hydrogen) atoms. The third-order valence-corrected chi connectivity index (χ3v) is 4.23. The van der Waals surface area contributed by atoms with Crippen LogP contribution in [-0.2, 0) is 13.0 Å². The van der Waals surface area contributed by atoms with Crippen LogP contribution in [0.3, 0.4) is 0 Å². The van der Waals surface area contributed by atoms with Crippen LogP contribution in [0.25, 0.3) is 0 Å². The Hall–Kier alpha value is -3.55. The van der Waals surface area contributed by atoms with Gasteiger partial charge in [0.15, 0.2) is 5.82 Å². The largest absolute Gasteiger partial charge is 0.492 e. The van der Waals surface area contributed by atoms with Crippen molar-refractivity contribution in [3.05, 3.63) is 71.5 Å². The molecule has 0 spiro atoms. The SMILES string of the molecule is O=C1c2ccccc2C(=O)N1CCc1nnn(CCOc2ccccc2)n1. The van der Waals surface area contributed by atoms with Crippen LogP contribution in [0, 0.1) is 0 Å². The van der Waals surface area contributed by atoms with Gasteiger partial charge in [0.2, 0.25) is 0 Å². The molecule has 2 aromatic carbocycles. The highest BCUT2D eigenvalue weighted by molar-refractivity contribution is 6.21. The van der Waals surface area contributed by atoms with E-state index in [0.29, 0.717) is 36.5 Å². The van der Waals surface area contributed by atoms with Gasteiger partial charge in [0.05, 0.1) is 17.7 Å². The summed E-state index contributed by atoms with van der Waals surface area (Å²) in [6.07, 6.45) is 0.352. The Morgan fingerprint density at radius 3 is 2.22 bits per heavy atom. The van der Waals surface area contributed by atoms with Gasteiger partial charge in [0, 0.05) is 13.0 Å². The van der Waals surface area contributed by atoms with Crippen molar-refractivity contribution in [1.82, 2.24) is 25.1 Å². The van der Waals surface area contributed by atoms with E-state index >= 15 is 0 Å². The molecular formula is C19H17N5O3. The van der Waals surface area contributed by atoms with Gasteiger partial charge in [-0.25, -0.2) is 0 Å². The lowest BCUT2D eigenvalue weighted by molar-refractivity contribution is 0.0655. The summed E-state index contributed by atoms with van der Waals surface area (Å²) in [6.45, 7) is 1.09. The monoisotopic (exact) mass is 363 g/mol. The molecule has 0 radical (unpaired) electrons. The van der Waals surface area contributed by atoms with Gasteiger partial charge in [0.25, 0.3) is 11.8 Å². The standard InChI is InChI=1S/C19H17N5O3/c25-18-15-8-4-5-9-16(15)19(26)23(18)11-10-17-20-22-24(21-17)12-13-27-14-6-2-1-3-7-14/h1-9H,10-13H2. The maximum atomic E-state index is 12.3. The molecule has 1 aliphatic heterocycles. The van der Waals surface area contributed by atoms with Gasteiger partial charge in [-0.1, -0.05) is 30.3 Å². The molecule has 0 saturated heterocycles. The number of nitrogens with zero attached hydrogens (tertiary/aromatic N) is 5. The molecular weight excluding hydrogens is 346 g/mol. The summed E-state index contributed by atoms with van der Waals surface area (Å²) in [5, 5.41) is 12.2. The van der Waals surface area contributed by atoms with Crippen LogP contribution in [0.2, 0.25) is 0 Å². The molecule has 0 aliphatic carbocycles. The Balaban J connectivity index is 1.30. The molecule has 4 rings (SSSR count). The summed E-state index contributed by atoms with van der Waals surface area (Å²) in [6, 6.07) is 16.3. The lowest BCUT2D eigenvalue weighted by Gasteiger charge is -2.11. The predicted molar refractivity (Wildman–Crippen MR) is 95.3 cm³/mol. The number of rotatable bonds is 7. The van der Waals surface area contributed by atoms with E-state index in [0.717, 1.165) is 5.75 Å². The van der Waals surface area contributed by atoms with Crippen LogP contribution in [-0.4, -0.2) is 50.1 Å². The number of hydrogen-bond donors (Lipinski definition) is 0. The van der Waals surface area contributed by atoms with E-state index in [1.165, 1.54) is 9.70 Å². The molecule has 0 N–H and O–H groups in total. The molecule has 8 heteroatoms. The van der Waals surface area contributed by atoms with Crippen LogP contribution in [0.15, 0.2) is 54.6 Å². The van der Waals surface area contributed by atoms with E-state index < -0.39 is 0 Å². The summed E-state index contributed by atoms with van der Waals surface area (Å²) in [5.74, 6) is 0.702. The summed E-state index contributed by atoms with van der Waals surface area (Å²) in [4.78, 5) is 27.3. The number of imide groups is 1. The second kappa shape index (κ2) is 7.36. The fourth-order valence-corrected chi connectivity index (χ4v) is 2.89. The Labute approximate surface area is 155 Å². The zero-order chi connectivity index (χ0) is 18.6. The van der Waals surface area contributed by atoms with E-state index in [9.17, 15) is 9.59 Å². The summed E-state index contributed by atoms with van der Waals surface area (Å²) in [7, 11) is 0. The van der Waals surface area contributed by atoms with Gasteiger partial charge in [-0.15, -0.1) is 10.2 Å². The molecule has 3 aromatic rings. The van der Waals surface area contributed by atoms with E-state index in [1.807, 2.05) is 30.3 Å². The first-order valence-electron chi connectivity index (χ1n) is 8.62. The predicted octanol–water partition coefficient (Wildman–Crippen LogP) is 1.59. The maximum absolute atomic E-state index is 12.3. The van der Waals surface area contributed by atoms with Crippen molar-refractivity contribution in [3.63, 3.8) is 0 Å². The first-order valence-corrected chi connectivity index (χ1v) is 8.62. The Morgan fingerprint density at radius 2 is 1.52 bits per heavy atom. The second-order valence-corrected chi connectivity index (χ2v) is 6.02. The van der Waals surface area contributed by atoms with Gasteiger partial charge in [-0.05, 0) is 29.5 Å². The number of carbonyl (C=O) groups excluding carboxylic acids is 2. The van der Waals surface area contributed by atoms with Gasteiger partial charge in [-0.2, -0.15) is 4.80 Å². The minimum Gasteiger partial charge on any atom is -0.492 e. The number of benzene rings is 2. The second-order valence-electron chi connectivity index (χ2n) is 6.02. The lowest BCUT2D eigenvalue weighted by Crippen LogP contribution is -2.32. The normalized spacial score (nSPS) is 13.1. The fourth-order valence-electron chi connectivity index (χ4n) is 2.89. The van der Waals surface area contributed by atoms with Crippen molar-refractivity contribution in [2.75, 3.05) is 13.2 Å². The molecule has 2 amide bonds. The van der Waals surface area contributed by atoms with Crippen LogP contribution in [0.5, 0.6) is 5.75 Å². The molecule has 1 aliphatic rings. The van der Waals surface area contributed by atoms with E-state index in [4.69, 9.17) is 4.74 Å². The number of hydrogen-bond acceptors (Lipinski definition) is 6. The molecule has 0 fully saturated rings. The first-order chi connectivity index (χ1) is 13.2. The van der Waals surface area contributed by atoms with E-state index in [1.54, 1.807) is 24.3 Å². The van der Waals surface area contributed by atoms with Crippen molar-refractivity contribution in [2.45, 2.75) is 13.0 Å². The van der Waals surface area contributed by atoms with Gasteiger partial charge < -0.3 is 4.74 Å². The van der Waals surface area contributed by atoms with Crippen molar-refractivity contribution in [2.24, 2.45) is 0 Å². The van der Waals surface area contributed by atoms with E-state index in [-0.39, 0.29) is 18.4 Å². The summed E-state index contributed by atoms with van der Waals surface area (Å²) >= 11 is 0. The van der Waals surface area contributed by atoms with Gasteiger partial charge >= 0.3 is 0 Å². The number of amides is 2. The molecule has 0 atom stereocenters. The molecule has 8 nitrogen and oxygen atoms in total. The van der Waals surface area contributed by atoms with Crippen molar-refractivity contribution >= 4 is 11.8 Å². The average molecular weight is 363 g/mol. The molecule has 0 saturated carbocycles. The highest BCUT2D eigenvalue weighted by Gasteiger charge is 2.34. The molecule has 136 valence electrons. The number of ether oxygens (including phenoxy) is 1. The molecule has 0 unspecified atom stereocenters. The number of aromatic nitrogens is 4. The van der Waals surface area contributed by atoms with Gasteiger partial charge in [-0.3, -0.25) is 14.5 Å². The fraction of sp³-hybridized carbons (Fsp3) is 0.211. The minimum absolute atomic E-state index is 0.221. The number of para-hydroxylation sites is 1. The minimum atomic E-state index is -0.278. The van der Waals surface area contributed by atoms with Crippen molar-refractivity contribution < 1.29 is 14.3 Å². The molecule has 0 bridgehead atoms. The number of fused-ring (bicyclic) bond motifs is 1. The third kappa shape index (κ3) is 3.55. The Bertz CT molecular complexity index is 935. The lowest BCUT2D eigenvalue weighted by atomic mass is 10.1. The molecule has 2 heterocycles.